The van der Waals surface area contributed by atoms with Crippen LogP contribution < -0.4 is 0 Å². The molecule has 0 N–H and O–H groups in total. The molecule has 25 heavy (non-hydrogen) atoms. The van der Waals surface area contributed by atoms with E-state index in [1.54, 1.807) is 0 Å². The van der Waals surface area contributed by atoms with Gasteiger partial charge in [0.1, 0.15) is 0 Å². The molecule has 0 saturated carbocycles. The molecule has 2 heterocycles. The molecule has 122 valence electrons. The molecule has 0 aliphatic heterocycles. The molecule has 1 aliphatic carbocycles. The van der Waals surface area contributed by atoms with Gasteiger partial charge in [0.15, 0.2) is 5.78 Å². The molecular weight excluding hydrogens is 334 g/mol. The number of carbonyl (C=O) groups excluding carboxylic acids is 1. The van der Waals surface area contributed by atoms with Crippen LogP contribution in [-0.4, -0.2) is 20.2 Å². The van der Waals surface area contributed by atoms with Crippen molar-refractivity contribution in [3.8, 4) is 0 Å². The molecule has 0 bridgehead atoms. The third-order valence-electron chi connectivity index (χ3n) is 4.89. The minimum atomic E-state index is 0.133. The number of Topliss-reactive ketones (excluding diaryl/α,β-unsaturated/α-hetero) is 1. The van der Waals surface area contributed by atoms with E-state index in [1.807, 2.05) is 59.1 Å². The molecule has 2 aromatic heterocycles. The minimum Gasteiger partial charge on any atom is -0.294 e. The number of benzene rings is 2. The van der Waals surface area contributed by atoms with Gasteiger partial charge in [0, 0.05) is 17.6 Å². The number of aromatic nitrogens is 3. The Kier molecular flexibility index (Phi) is 3.15. The molecule has 1 aliphatic rings. The standard InChI is InChI=1S/C20H14ClN3O/c21-14-7-5-12(6-8-14)13-9-17-15(19(25)10-13)11-24-18-4-2-1-3-16(18)22-20(24)23-17/h1-8,11,13H,9-10H2. The van der Waals surface area contributed by atoms with E-state index in [0.29, 0.717) is 22.8 Å². The average Bonchev–Trinajstić information content (AvgIpc) is 2.98. The van der Waals surface area contributed by atoms with Crippen LogP contribution in [0.25, 0.3) is 16.8 Å². The summed E-state index contributed by atoms with van der Waals surface area (Å²) in [6.07, 6.45) is 3.13. The number of imidazole rings is 1. The third kappa shape index (κ3) is 2.33. The van der Waals surface area contributed by atoms with Crippen LogP contribution in [0.3, 0.4) is 0 Å². The molecule has 0 fully saturated rings. The zero-order chi connectivity index (χ0) is 17.0. The van der Waals surface area contributed by atoms with Crippen LogP contribution in [0.5, 0.6) is 0 Å². The summed E-state index contributed by atoms with van der Waals surface area (Å²) < 4.78 is 1.91. The number of fused-ring (bicyclic) bond motifs is 4. The number of rotatable bonds is 1. The monoisotopic (exact) mass is 347 g/mol. The Labute approximate surface area is 149 Å². The first-order valence-corrected chi connectivity index (χ1v) is 8.62. The fraction of sp³-hybridized carbons (Fsp3) is 0.150. The summed E-state index contributed by atoms with van der Waals surface area (Å²) >= 11 is 5.97. The number of carbonyl (C=O) groups is 1. The van der Waals surface area contributed by atoms with Gasteiger partial charge in [-0.25, -0.2) is 9.97 Å². The summed E-state index contributed by atoms with van der Waals surface area (Å²) in [5.41, 5.74) is 4.53. The van der Waals surface area contributed by atoms with Crippen molar-refractivity contribution in [2.75, 3.05) is 0 Å². The molecule has 0 spiro atoms. The van der Waals surface area contributed by atoms with Gasteiger partial charge in [0.2, 0.25) is 5.78 Å². The third-order valence-corrected chi connectivity index (χ3v) is 5.15. The van der Waals surface area contributed by atoms with E-state index < -0.39 is 0 Å². The van der Waals surface area contributed by atoms with Gasteiger partial charge in [-0.3, -0.25) is 9.20 Å². The maximum Gasteiger partial charge on any atom is 0.235 e. The number of para-hydroxylation sites is 2. The van der Waals surface area contributed by atoms with E-state index in [0.717, 1.165) is 28.7 Å². The van der Waals surface area contributed by atoms with Gasteiger partial charge in [-0.2, -0.15) is 0 Å². The van der Waals surface area contributed by atoms with Crippen LogP contribution in [-0.2, 0) is 6.42 Å². The lowest BCUT2D eigenvalue weighted by atomic mass is 9.82. The molecule has 5 heteroatoms. The first kappa shape index (κ1) is 14.6. The van der Waals surface area contributed by atoms with Gasteiger partial charge in [0.25, 0.3) is 0 Å². The summed E-state index contributed by atoms with van der Waals surface area (Å²) in [6.45, 7) is 0. The van der Waals surface area contributed by atoms with Crippen LogP contribution in [0, 0.1) is 0 Å². The molecule has 1 unspecified atom stereocenters. The van der Waals surface area contributed by atoms with Crippen molar-refractivity contribution in [2.24, 2.45) is 0 Å². The Bertz CT molecular complexity index is 1130. The lowest BCUT2D eigenvalue weighted by Gasteiger charge is -2.23. The van der Waals surface area contributed by atoms with Crippen LogP contribution in [0.15, 0.2) is 54.7 Å². The van der Waals surface area contributed by atoms with Crippen molar-refractivity contribution in [1.82, 2.24) is 14.4 Å². The predicted octanol–water partition coefficient (Wildman–Crippen LogP) is 4.45. The number of ketones is 1. The average molecular weight is 348 g/mol. The maximum absolute atomic E-state index is 12.7. The molecule has 0 amide bonds. The largest absolute Gasteiger partial charge is 0.294 e. The Morgan fingerprint density at radius 2 is 1.80 bits per heavy atom. The van der Waals surface area contributed by atoms with Crippen molar-refractivity contribution >= 4 is 34.2 Å². The maximum atomic E-state index is 12.7. The molecule has 2 aromatic carbocycles. The van der Waals surface area contributed by atoms with Gasteiger partial charge in [-0.1, -0.05) is 35.9 Å². The van der Waals surface area contributed by atoms with Crippen molar-refractivity contribution in [2.45, 2.75) is 18.8 Å². The highest BCUT2D eigenvalue weighted by molar-refractivity contribution is 6.30. The van der Waals surface area contributed by atoms with Gasteiger partial charge < -0.3 is 0 Å². The van der Waals surface area contributed by atoms with E-state index in [2.05, 4.69) is 4.98 Å². The molecule has 5 rings (SSSR count). The first-order chi connectivity index (χ1) is 12.2. The Balaban J connectivity index is 1.63. The summed E-state index contributed by atoms with van der Waals surface area (Å²) in [4.78, 5) is 22.0. The summed E-state index contributed by atoms with van der Waals surface area (Å²) in [6, 6.07) is 15.6. The van der Waals surface area contributed by atoms with Gasteiger partial charge in [-0.15, -0.1) is 0 Å². The topological polar surface area (TPSA) is 47.3 Å². The van der Waals surface area contributed by atoms with Crippen LogP contribution in [0.1, 0.15) is 34.0 Å². The summed E-state index contributed by atoms with van der Waals surface area (Å²) in [7, 11) is 0. The predicted molar refractivity (Wildman–Crippen MR) is 97.3 cm³/mol. The van der Waals surface area contributed by atoms with Crippen molar-refractivity contribution in [3.63, 3.8) is 0 Å². The SMILES string of the molecule is O=C1CC(c2ccc(Cl)cc2)Cc2nc3nc4ccccc4n3cc21. The van der Waals surface area contributed by atoms with E-state index in [9.17, 15) is 4.79 Å². The quantitative estimate of drug-likeness (QED) is 0.511. The van der Waals surface area contributed by atoms with Gasteiger partial charge in [0.05, 0.1) is 22.3 Å². The number of hydrogen-bond donors (Lipinski definition) is 0. The first-order valence-electron chi connectivity index (χ1n) is 8.24. The highest BCUT2D eigenvalue weighted by Gasteiger charge is 2.28. The second-order valence-electron chi connectivity index (χ2n) is 6.45. The number of nitrogens with zero attached hydrogens (tertiary/aromatic N) is 3. The fourth-order valence-corrected chi connectivity index (χ4v) is 3.75. The Morgan fingerprint density at radius 1 is 1.00 bits per heavy atom. The van der Waals surface area contributed by atoms with Crippen LogP contribution in [0.2, 0.25) is 5.02 Å². The molecule has 1 atom stereocenters. The summed E-state index contributed by atoms with van der Waals surface area (Å²) in [5.74, 6) is 0.912. The molecule has 0 radical (unpaired) electrons. The van der Waals surface area contributed by atoms with E-state index >= 15 is 0 Å². The number of hydrogen-bond acceptors (Lipinski definition) is 3. The number of halogens is 1. The van der Waals surface area contributed by atoms with Crippen molar-refractivity contribution in [1.29, 1.82) is 0 Å². The second-order valence-corrected chi connectivity index (χ2v) is 6.89. The van der Waals surface area contributed by atoms with E-state index in [-0.39, 0.29) is 11.7 Å². The zero-order valence-electron chi connectivity index (χ0n) is 13.3. The highest BCUT2D eigenvalue weighted by atomic mass is 35.5. The van der Waals surface area contributed by atoms with E-state index in [1.165, 1.54) is 0 Å². The smallest absolute Gasteiger partial charge is 0.235 e. The van der Waals surface area contributed by atoms with Crippen LogP contribution >= 0.6 is 11.6 Å². The lowest BCUT2D eigenvalue weighted by Crippen LogP contribution is -2.21. The highest BCUT2D eigenvalue weighted by Crippen LogP contribution is 2.33. The molecular formula is C20H14ClN3O. The van der Waals surface area contributed by atoms with Gasteiger partial charge in [-0.05, 0) is 42.2 Å². The Morgan fingerprint density at radius 3 is 2.64 bits per heavy atom. The minimum absolute atomic E-state index is 0.133. The molecule has 0 saturated heterocycles. The van der Waals surface area contributed by atoms with Crippen LogP contribution in [0.4, 0.5) is 0 Å². The van der Waals surface area contributed by atoms with Gasteiger partial charge >= 0.3 is 0 Å². The molecule has 4 nitrogen and oxygen atoms in total. The normalized spacial score (nSPS) is 17.2. The molecule has 4 aromatic rings. The van der Waals surface area contributed by atoms with Crippen molar-refractivity contribution < 1.29 is 4.79 Å². The lowest BCUT2D eigenvalue weighted by molar-refractivity contribution is 0.0962. The second kappa shape index (κ2) is 5.39. The van der Waals surface area contributed by atoms with Crippen molar-refractivity contribution in [3.05, 3.63) is 76.6 Å². The zero-order valence-corrected chi connectivity index (χ0v) is 14.1. The fourth-order valence-electron chi connectivity index (χ4n) is 3.62. The van der Waals surface area contributed by atoms with E-state index in [4.69, 9.17) is 16.6 Å². The summed E-state index contributed by atoms with van der Waals surface area (Å²) in [5, 5.41) is 0.704. The Hall–Kier alpha value is -2.72.